The minimum Gasteiger partial charge on any atom is -0.364 e. The molecule has 1 saturated carbocycles. The van der Waals surface area contributed by atoms with Crippen molar-refractivity contribution in [2.24, 2.45) is 5.92 Å². The lowest BCUT2D eigenvalue weighted by Crippen LogP contribution is -2.62. The molecule has 0 spiro atoms. The van der Waals surface area contributed by atoms with Crippen molar-refractivity contribution in [2.45, 2.75) is 38.3 Å². The van der Waals surface area contributed by atoms with Gasteiger partial charge in [-0.1, -0.05) is 18.7 Å². The van der Waals surface area contributed by atoms with Gasteiger partial charge in [-0.3, -0.25) is 4.79 Å². The number of piperidine rings is 1. The molecular formula is C16H17F2NO. The van der Waals surface area contributed by atoms with Crippen LogP contribution in [0.3, 0.4) is 0 Å². The molecule has 0 N–H and O–H groups in total. The highest BCUT2D eigenvalue weighted by molar-refractivity contribution is 5.86. The molecule has 2 fully saturated rings. The molecule has 0 aromatic heterocycles. The molecule has 1 aromatic rings. The van der Waals surface area contributed by atoms with Gasteiger partial charge in [0.1, 0.15) is 5.78 Å². The van der Waals surface area contributed by atoms with Gasteiger partial charge < -0.3 is 4.90 Å². The van der Waals surface area contributed by atoms with E-state index in [-0.39, 0.29) is 23.8 Å². The predicted molar refractivity (Wildman–Crippen MR) is 71.8 cm³/mol. The fourth-order valence-electron chi connectivity index (χ4n) is 3.45. The van der Waals surface area contributed by atoms with E-state index < -0.39 is 11.6 Å². The Bertz CT molecular complexity index is 598. The Kier molecular flexibility index (Phi) is 2.92. The van der Waals surface area contributed by atoms with Crippen molar-refractivity contribution in [1.82, 2.24) is 4.90 Å². The van der Waals surface area contributed by atoms with Gasteiger partial charge in [0.05, 0.1) is 0 Å². The van der Waals surface area contributed by atoms with Crippen LogP contribution in [0, 0.1) is 17.6 Å². The summed E-state index contributed by atoms with van der Waals surface area (Å²) in [5.41, 5.74) is 0.732. The van der Waals surface area contributed by atoms with E-state index in [0.29, 0.717) is 17.7 Å². The highest BCUT2D eigenvalue weighted by Gasteiger charge is 2.54. The number of likely N-dealkylation sites (tertiary alicyclic amines) is 1. The number of hydrogen-bond donors (Lipinski definition) is 0. The Labute approximate surface area is 117 Å². The lowest BCUT2D eigenvalue weighted by Gasteiger charge is -2.58. The molecule has 0 radical (unpaired) electrons. The van der Waals surface area contributed by atoms with Crippen molar-refractivity contribution < 1.29 is 13.6 Å². The third kappa shape index (κ3) is 1.78. The minimum absolute atomic E-state index is 0.00428. The number of ketones is 1. The van der Waals surface area contributed by atoms with Gasteiger partial charge in [0.25, 0.3) is 0 Å². The number of hydrogen-bond acceptors (Lipinski definition) is 2. The molecule has 1 heterocycles. The zero-order valence-corrected chi connectivity index (χ0v) is 11.5. The zero-order chi connectivity index (χ0) is 14.5. The van der Waals surface area contributed by atoms with Crippen LogP contribution in [0.15, 0.2) is 30.5 Å². The van der Waals surface area contributed by atoms with E-state index in [2.05, 4.69) is 6.58 Å². The molecule has 1 aromatic carbocycles. The number of carbonyl (C=O) groups is 1. The van der Waals surface area contributed by atoms with Crippen LogP contribution < -0.4 is 0 Å². The summed E-state index contributed by atoms with van der Waals surface area (Å²) in [7, 11) is 0. The summed E-state index contributed by atoms with van der Waals surface area (Å²) in [6.45, 7) is 6.23. The molecule has 2 unspecified atom stereocenters. The fourth-order valence-corrected chi connectivity index (χ4v) is 3.45. The van der Waals surface area contributed by atoms with Crippen molar-refractivity contribution in [3.8, 4) is 0 Å². The highest BCUT2D eigenvalue weighted by Crippen LogP contribution is 2.50. The molecule has 1 aliphatic heterocycles. The molecule has 3 rings (SSSR count). The average molecular weight is 277 g/mol. The van der Waals surface area contributed by atoms with Gasteiger partial charge in [0.2, 0.25) is 0 Å². The maximum Gasteiger partial charge on any atom is 0.163 e. The van der Waals surface area contributed by atoms with Gasteiger partial charge >= 0.3 is 0 Å². The third-order valence-corrected chi connectivity index (χ3v) is 4.82. The first-order chi connectivity index (χ1) is 9.43. The van der Waals surface area contributed by atoms with Gasteiger partial charge in [-0.15, -0.1) is 0 Å². The maximum absolute atomic E-state index is 13.8. The van der Waals surface area contributed by atoms with Crippen LogP contribution in [-0.4, -0.2) is 16.2 Å². The molecule has 0 bridgehead atoms. The number of halogens is 2. The minimum atomic E-state index is -0.837. The first-order valence-electron chi connectivity index (χ1n) is 6.84. The Morgan fingerprint density at radius 3 is 2.85 bits per heavy atom. The van der Waals surface area contributed by atoms with E-state index in [9.17, 15) is 13.6 Å². The van der Waals surface area contributed by atoms with Crippen LogP contribution in [0.5, 0.6) is 0 Å². The highest BCUT2D eigenvalue weighted by atomic mass is 19.2. The number of carbonyl (C=O) groups excluding carboxylic acids is 1. The Balaban J connectivity index is 1.91. The SMILES string of the molecule is C=C1CC(=O)C2CCC2(C)N1Cc1cccc(F)c1F. The fraction of sp³-hybridized carbons (Fsp3) is 0.438. The normalized spacial score (nSPS) is 29.1. The summed E-state index contributed by atoms with van der Waals surface area (Å²) in [5.74, 6) is -1.42. The first kappa shape index (κ1) is 13.3. The lowest BCUT2D eigenvalue weighted by molar-refractivity contribution is -0.140. The van der Waals surface area contributed by atoms with Gasteiger partial charge in [-0.25, -0.2) is 8.78 Å². The summed E-state index contributed by atoms with van der Waals surface area (Å²) >= 11 is 0. The second kappa shape index (κ2) is 4.40. The van der Waals surface area contributed by atoms with Crippen molar-refractivity contribution in [3.63, 3.8) is 0 Å². The number of benzene rings is 1. The van der Waals surface area contributed by atoms with Gasteiger partial charge in [0, 0.05) is 35.7 Å². The van der Waals surface area contributed by atoms with E-state index in [1.165, 1.54) is 6.07 Å². The number of rotatable bonds is 2. The summed E-state index contributed by atoms with van der Waals surface area (Å²) in [6, 6.07) is 4.20. The number of nitrogens with zero attached hydrogens (tertiary/aromatic N) is 1. The summed E-state index contributed by atoms with van der Waals surface area (Å²) < 4.78 is 27.1. The van der Waals surface area contributed by atoms with Crippen molar-refractivity contribution >= 4 is 5.78 Å². The molecule has 2 atom stereocenters. The van der Waals surface area contributed by atoms with Gasteiger partial charge in [-0.05, 0) is 25.8 Å². The number of allylic oxidation sites excluding steroid dienone is 1. The number of fused-ring (bicyclic) bond motifs is 1. The second-order valence-corrected chi connectivity index (χ2v) is 5.96. The third-order valence-electron chi connectivity index (χ3n) is 4.82. The zero-order valence-electron chi connectivity index (χ0n) is 11.5. The molecule has 1 aliphatic carbocycles. The molecule has 4 heteroatoms. The van der Waals surface area contributed by atoms with Crippen molar-refractivity contribution in [2.75, 3.05) is 0 Å². The first-order valence-corrected chi connectivity index (χ1v) is 6.84. The molecule has 2 aliphatic rings. The van der Waals surface area contributed by atoms with E-state index in [0.717, 1.165) is 18.9 Å². The summed E-state index contributed by atoms with van der Waals surface area (Å²) in [4.78, 5) is 14.0. The average Bonchev–Trinajstić information content (AvgIpc) is 2.36. The van der Waals surface area contributed by atoms with E-state index in [1.54, 1.807) is 6.07 Å². The van der Waals surface area contributed by atoms with Crippen molar-refractivity contribution in [1.29, 1.82) is 0 Å². The molecule has 0 amide bonds. The van der Waals surface area contributed by atoms with Crippen molar-refractivity contribution in [3.05, 3.63) is 47.7 Å². The monoisotopic (exact) mass is 277 g/mol. The lowest BCUT2D eigenvalue weighted by atomic mass is 9.61. The van der Waals surface area contributed by atoms with E-state index >= 15 is 0 Å². The quantitative estimate of drug-likeness (QED) is 0.825. The Morgan fingerprint density at radius 1 is 1.45 bits per heavy atom. The smallest absolute Gasteiger partial charge is 0.163 e. The van der Waals surface area contributed by atoms with E-state index in [4.69, 9.17) is 0 Å². The number of Topliss-reactive ketones (excluding diaryl/α,β-unsaturated/α-hetero) is 1. The Hall–Kier alpha value is -1.71. The summed E-state index contributed by atoms with van der Waals surface area (Å²) in [6.07, 6.45) is 2.08. The van der Waals surface area contributed by atoms with Crippen LogP contribution in [0.25, 0.3) is 0 Å². The van der Waals surface area contributed by atoms with Crippen LogP contribution >= 0.6 is 0 Å². The molecule has 20 heavy (non-hydrogen) atoms. The standard InChI is InChI=1S/C16H17F2NO/c1-10-8-14(20)12-6-7-16(12,2)19(10)9-11-4-3-5-13(17)15(11)18/h3-5,12H,1,6-9H2,2H3. The van der Waals surface area contributed by atoms with Crippen LogP contribution in [0.2, 0.25) is 0 Å². The molecule has 1 saturated heterocycles. The topological polar surface area (TPSA) is 20.3 Å². The predicted octanol–water partition coefficient (Wildman–Crippen LogP) is 3.42. The summed E-state index contributed by atoms with van der Waals surface area (Å²) in [5, 5.41) is 0. The Morgan fingerprint density at radius 2 is 2.20 bits per heavy atom. The molecule has 106 valence electrons. The van der Waals surface area contributed by atoms with Crippen LogP contribution in [-0.2, 0) is 11.3 Å². The molecular weight excluding hydrogens is 260 g/mol. The largest absolute Gasteiger partial charge is 0.364 e. The van der Waals surface area contributed by atoms with E-state index in [1.807, 2.05) is 11.8 Å². The second-order valence-electron chi connectivity index (χ2n) is 5.96. The maximum atomic E-state index is 13.8. The van der Waals surface area contributed by atoms with Gasteiger partial charge in [0.15, 0.2) is 11.6 Å². The van der Waals surface area contributed by atoms with Crippen LogP contribution in [0.1, 0.15) is 31.7 Å². The molecule has 2 nitrogen and oxygen atoms in total. The van der Waals surface area contributed by atoms with Crippen LogP contribution in [0.4, 0.5) is 8.78 Å². The van der Waals surface area contributed by atoms with Gasteiger partial charge in [-0.2, -0.15) is 0 Å².